The number of halogens is 1. The number of hydrogen-bond acceptors (Lipinski definition) is 4. The smallest absolute Gasteiger partial charge is 0.134 e. The highest BCUT2D eigenvalue weighted by molar-refractivity contribution is 9.10. The van der Waals surface area contributed by atoms with Gasteiger partial charge in [0.25, 0.3) is 0 Å². The highest BCUT2D eigenvalue weighted by atomic mass is 79.9. The van der Waals surface area contributed by atoms with E-state index in [1.807, 2.05) is 17.0 Å². The molecular weight excluding hydrogens is 286 g/mol. The first-order valence-corrected chi connectivity index (χ1v) is 6.38. The summed E-state index contributed by atoms with van der Waals surface area (Å²) >= 11 is 3.27. The second-order valence-corrected chi connectivity index (χ2v) is 4.68. The van der Waals surface area contributed by atoms with Gasteiger partial charge in [0, 0.05) is 31.8 Å². The van der Waals surface area contributed by atoms with Gasteiger partial charge in [0.05, 0.1) is 11.1 Å². The predicted molar refractivity (Wildman–Crippen MR) is 69.9 cm³/mol. The Hall–Kier alpha value is -0.620. The Balaban J connectivity index is 2.67. The number of hydrogen-bond donors (Lipinski definition) is 3. The van der Waals surface area contributed by atoms with E-state index in [1.165, 1.54) is 0 Å². The quantitative estimate of drug-likeness (QED) is 0.711. The number of aliphatic hydroxyl groups excluding tert-OH is 2. The highest BCUT2D eigenvalue weighted by Gasteiger charge is 2.10. The molecule has 3 N–H and O–H groups in total. The molecule has 0 saturated heterocycles. The molecule has 96 valence electrons. The third-order valence-electron chi connectivity index (χ3n) is 2.51. The second-order valence-electron chi connectivity index (χ2n) is 3.82. The number of rotatable bonds is 7. The van der Waals surface area contributed by atoms with Crippen molar-refractivity contribution in [1.29, 1.82) is 0 Å². The standard InChI is InChI=1S/C12H18BrNO3/c13-11-4-1-3-10(12(11)17)9-14(6-8-16)5-2-7-15/h1,3-4,15-17H,2,5-9H2. The molecule has 0 bridgehead atoms. The molecule has 0 aliphatic carbocycles. The minimum Gasteiger partial charge on any atom is -0.506 e. The summed E-state index contributed by atoms with van der Waals surface area (Å²) in [5.74, 6) is 0.236. The Kier molecular flexibility index (Phi) is 6.50. The summed E-state index contributed by atoms with van der Waals surface area (Å²) in [5, 5.41) is 27.6. The first kappa shape index (κ1) is 14.4. The lowest BCUT2D eigenvalue weighted by Crippen LogP contribution is -2.28. The van der Waals surface area contributed by atoms with E-state index in [9.17, 15) is 5.11 Å². The number of aliphatic hydroxyl groups is 2. The van der Waals surface area contributed by atoms with Crippen LogP contribution in [0, 0.1) is 0 Å². The zero-order valence-corrected chi connectivity index (χ0v) is 11.2. The lowest BCUT2D eigenvalue weighted by molar-refractivity contribution is 0.173. The molecule has 0 radical (unpaired) electrons. The Bertz CT molecular complexity index is 347. The monoisotopic (exact) mass is 303 g/mol. The summed E-state index contributed by atoms with van der Waals surface area (Å²) in [5.41, 5.74) is 0.811. The normalized spacial score (nSPS) is 11.1. The molecule has 0 amide bonds. The van der Waals surface area contributed by atoms with Gasteiger partial charge in [-0.1, -0.05) is 12.1 Å². The van der Waals surface area contributed by atoms with E-state index in [0.29, 0.717) is 30.5 Å². The van der Waals surface area contributed by atoms with Gasteiger partial charge in [-0.25, -0.2) is 0 Å². The van der Waals surface area contributed by atoms with Crippen molar-refractivity contribution in [1.82, 2.24) is 4.90 Å². The van der Waals surface area contributed by atoms with E-state index >= 15 is 0 Å². The lowest BCUT2D eigenvalue weighted by Gasteiger charge is -2.21. The van der Waals surface area contributed by atoms with E-state index in [0.717, 1.165) is 5.56 Å². The van der Waals surface area contributed by atoms with Gasteiger partial charge < -0.3 is 15.3 Å². The number of phenols is 1. The number of benzene rings is 1. The molecule has 1 rings (SSSR count). The van der Waals surface area contributed by atoms with Gasteiger partial charge >= 0.3 is 0 Å². The van der Waals surface area contributed by atoms with Crippen LogP contribution in [-0.2, 0) is 6.54 Å². The van der Waals surface area contributed by atoms with Crippen molar-refractivity contribution in [2.45, 2.75) is 13.0 Å². The van der Waals surface area contributed by atoms with Crippen LogP contribution in [0.1, 0.15) is 12.0 Å². The van der Waals surface area contributed by atoms with Crippen molar-refractivity contribution in [3.8, 4) is 5.75 Å². The number of phenolic OH excluding ortho intramolecular Hbond substituents is 1. The van der Waals surface area contributed by atoms with Gasteiger partial charge in [-0.05, 0) is 28.4 Å². The molecule has 1 aromatic rings. The van der Waals surface area contributed by atoms with E-state index in [4.69, 9.17) is 10.2 Å². The molecule has 0 aliphatic heterocycles. The van der Waals surface area contributed by atoms with Crippen molar-refractivity contribution in [3.63, 3.8) is 0 Å². The van der Waals surface area contributed by atoms with Crippen LogP contribution in [-0.4, -0.2) is 46.5 Å². The third-order valence-corrected chi connectivity index (χ3v) is 3.15. The fourth-order valence-electron chi connectivity index (χ4n) is 1.63. The maximum atomic E-state index is 9.85. The SMILES string of the molecule is OCCCN(CCO)Cc1cccc(Br)c1O. The second kappa shape index (κ2) is 7.66. The summed E-state index contributed by atoms with van der Waals surface area (Å²) in [6.07, 6.45) is 0.661. The minimum atomic E-state index is 0.0696. The van der Waals surface area contributed by atoms with Gasteiger partial charge in [0.15, 0.2) is 0 Å². The average molecular weight is 304 g/mol. The number of nitrogens with zero attached hydrogens (tertiary/aromatic N) is 1. The van der Waals surface area contributed by atoms with E-state index < -0.39 is 0 Å². The van der Waals surface area contributed by atoms with Gasteiger partial charge in [0.1, 0.15) is 5.75 Å². The van der Waals surface area contributed by atoms with Gasteiger partial charge in [0.2, 0.25) is 0 Å². The molecule has 0 aromatic heterocycles. The van der Waals surface area contributed by atoms with E-state index in [-0.39, 0.29) is 19.0 Å². The van der Waals surface area contributed by atoms with Crippen LogP contribution >= 0.6 is 15.9 Å². The van der Waals surface area contributed by atoms with Crippen LogP contribution in [0.5, 0.6) is 5.75 Å². The molecule has 0 atom stereocenters. The molecule has 1 aromatic carbocycles. The Labute approximate surface area is 110 Å². The number of para-hydroxylation sites is 1. The minimum absolute atomic E-state index is 0.0696. The zero-order chi connectivity index (χ0) is 12.7. The van der Waals surface area contributed by atoms with Crippen molar-refractivity contribution < 1.29 is 15.3 Å². The molecule has 0 fully saturated rings. The highest BCUT2D eigenvalue weighted by Crippen LogP contribution is 2.28. The largest absolute Gasteiger partial charge is 0.506 e. The molecule has 4 nitrogen and oxygen atoms in total. The first-order chi connectivity index (χ1) is 8.19. The maximum absolute atomic E-state index is 9.85. The summed E-state index contributed by atoms with van der Waals surface area (Å²) in [6.45, 7) is 1.99. The van der Waals surface area contributed by atoms with Crippen LogP contribution in [0.2, 0.25) is 0 Å². The molecule has 0 aliphatic rings. The number of aromatic hydroxyl groups is 1. The fourth-order valence-corrected chi connectivity index (χ4v) is 2.04. The van der Waals surface area contributed by atoms with Crippen LogP contribution in [0.3, 0.4) is 0 Å². The summed E-state index contributed by atoms with van der Waals surface area (Å²) in [4.78, 5) is 2.00. The van der Waals surface area contributed by atoms with Crippen LogP contribution in [0.15, 0.2) is 22.7 Å². The Morgan fingerprint density at radius 1 is 1.12 bits per heavy atom. The van der Waals surface area contributed by atoms with Crippen molar-refractivity contribution >= 4 is 15.9 Å². The third kappa shape index (κ3) is 4.63. The summed E-state index contributed by atoms with van der Waals surface area (Å²) in [6, 6.07) is 5.49. The average Bonchev–Trinajstić information content (AvgIpc) is 2.32. The summed E-state index contributed by atoms with van der Waals surface area (Å²) < 4.78 is 0.668. The van der Waals surface area contributed by atoms with Gasteiger partial charge in [-0.2, -0.15) is 0 Å². The maximum Gasteiger partial charge on any atom is 0.134 e. The Morgan fingerprint density at radius 2 is 1.88 bits per heavy atom. The van der Waals surface area contributed by atoms with Crippen LogP contribution < -0.4 is 0 Å². The van der Waals surface area contributed by atoms with E-state index in [2.05, 4.69) is 15.9 Å². The lowest BCUT2D eigenvalue weighted by atomic mass is 10.2. The van der Waals surface area contributed by atoms with E-state index in [1.54, 1.807) is 6.07 Å². The molecule has 0 unspecified atom stereocenters. The predicted octanol–water partition coefficient (Wildman–Crippen LogP) is 1.33. The zero-order valence-electron chi connectivity index (χ0n) is 9.64. The molecule has 0 heterocycles. The topological polar surface area (TPSA) is 63.9 Å². The molecule has 17 heavy (non-hydrogen) atoms. The van der Waals surface area contributed by atoms with Gasteiger partial charge in [-0.15, -0.1) is 0 Å². The van der Waals surface area contributed by atoms with Crippen molar-refractivity contribution in [3.05, 3.63) is 28.2 Å². The van der Waals surface area contributed by atoms with Crippen LogP contribution in [0.25, 0.3) is 0 Å². The van der Waals surface area contributed by atoms with Crippen molar-refractivity contribution in [2.75, 3.05) is 26.3 Å². The van der Waals surface area contributed by atoms with Crippen LogP contribution in [0.4, 0.5) is 0 Å². The molecule has 0 spiro atoms. The molecular formula is C12H18BrNO3. The molecule has 0 saturated carbocycles. The van der Waals surface area contributed by atoms with Gasteiger partial charge in [-0.3, -0.25) is 4.90 Å². The first-order valence-electron chi connectivity index (χ1n) is 5.59. The fraction of sp³-hybridized carbons (Fsp3) is 0.500. The molecule has 5 heteroatoms. The summed E-state index contributed by atoms with van der Waals surface area (Å²) in [7, 11) is 0. The Morgan fingerprint density at radius 3 is 2.53 bits per heavy atom. The van der Waals surface area contributed by atoms with Crippen molar-refractivity contribution in [2.24, 2.45) is 0 Å².